The van der Waals surface area contributed by atoms with Gasteiger partial charge in [0.15, 0.2) is 5.41 Å². The topological polar surface area (TPSA) is 79.9 Å². The summed E-state index contributed by atoms with van der Waals surface area (Å²) in [7, 11) is 0. The van der Waals surface area contributed by atoms with Gasteiger partial charge in [-0.2, -0.15) is 10.5 Å². The molecular formula is C22H16Cl2N4O. The van der Waals surface area contributed by atoms with Crippen LogP contribution >= 0.6 is 23.2 Å². The summed E-state index contributed by atoms with van der Waals surface area (Å²) in [5.41, 5.74) is -0.327. The van der Waals surface area contributed by atoms with Crippen LogP contribution in [-0.2, 0) is 10.3 Å². The van der Waals surface area contributed by atoms with E-state index in [4.69, 9.17) is 23.2 Å². The van der Waals surface area contributed by atoms with Gasteiger partial charge in [-0.05, 0) is 43.1 Å². The first-order valence-electron chi connectivity index (χ1n) is 9.46. The summed E-state index contributed by atoms with van der Waals surface area (Å²) in [6.07, 6.45) is 1.53. The van der Waals surface area contributed by atoms with Crippen molar-refractivity contribution < 1.29 is 4.79 Å². The predicted molar refractivity (Wildman–Crippen MR) is 109 cm³/mol. The first-order valence-corrected chi connectivity index (χ1v) is 10.2. The molecule has 3 heterocycles. The van der Waals surface area contributed by atoms with Crippen LogP contribution in [0.4, 0.5) is 5.69 Å². The van der Waals surface area contributed by atoms with E-state index in [2.05, 4.69) is 22.4 Å². The standard InChI is InChI=1S/C22H16Cl2N4O/c23-15-8-7-13(10-16(15)24)19-21(11-25,12-26)18-6-3-9-28(18)22(19)14-4-1-2-5-17(14)27-20(22)29/h1-2,4-5,7-8,10,18-19H,3,6,9H2,(H,27,29). The maximum absolute atomic E-state index is 13.6. The van der Waals surface area contributed by atoms with Crippen molar-refractivity contribution in [3.63, 3.8) is 0 Å². The minimum absolute atomic E-state index is 0.200. The van der Waals surface area contributed by atoms with Gasteiger partial charge in [0.1, 0.15) is 5.54 Å². The fourth-order valence-electron chi connectivity index (χ4n) is 5.69. The van der Waals surface area contributed by atoms with Crippen molar-refractivity contribution in [2.75, 3.05) is 11.9 Å². The van der Waals surface area contributed by atoms with Gasteiger partial charge in [0.05, 0.1) is 22.2 Å². The minimum atomic E-state index is -1.39. The van der Waals surface area contributed by atoms with Crippen LogP contribution in [0.15, 0.2) is 42.5 Å². The monoisotopic (exact) mass is 422 g/mol. The van der Waals surface area contributed by atoms with Gasteiger partial charge in [0.2, 0.25) is 5.91 Å². The Balaban J connectivity index is 1.88. The van der Waals surface area contributed by atoms with Crippen LogP contribution in [0.25, 0.3) is 0 Å². The Kier molecular flexibility index (Phi) is 3.95. The summed E-state index contributed by atoms with van der Waals surface area (Å²) in [6, 6.07) is 17.0. The summed E-state index contributed by atoms with van der Waals surface area (Å²) < 4.78 is 0. The molecule has 0 aliphatic carbocycles. The lowest BCUT2D eigenvalue weighted by Gasteiger charge is -2.37. The molecule has 3 aliphatic rings. The van der Waals surface area contributed by atoms with Crippen molar-refractivity contribution in [3.8, 4) is 12.1 Å². The van der Waals surface area contributed by atoms with Crippen molar-refractivity contribution in [1.29, 1.82) is 10.5 Å². The van der Waals surface area contributed by atoms with E-state index >= 15 is 0 Å². The number of hydrogen-bond donors (Lipinski definition) is 1. The number of amides is 1. The van der Waals surface area contributed by atoms with Crippen molar-refractivity contribution in [2.24, 2.45) is 5.41 Å². The molecule has 3 atom stereocenters. The summed E-state index contributed by atoms with van der Waals surface area (Å²) in [5, 5.41) is 24.3. The first kappa shape index (κ1) is 18.5. The minimum Gasteiger partial charge on any atom is -0.324 e. The number of nitriles is 2. The molecule has 2 fully saturated rings. The van der Waals surface area contributed by atoms with Crippen LogP contribution in [0.3, 0.4) is 0 Å². The number of hydrogen-bond acceptors (Lipinski definition) is 4. The molecule has 7 heteroatoms. The highest BCUT2D eigenvalue weighted by molar-refractivity contribution is 6.42. The highest BCUT2D eigenvalue weighted by atomic mass is 35.5. The van der Waals surface area contributed by atoms with Gasteiger partial charge in [-0.25, -0.2) is 0 Å². The van der Waals surface area contributed by atoms with E-state index in [0.29, 0.717) is 28.6 Å². The summed E-state index contributed by atoms with van der Waals surface area (Å²) in [6.45, 7) is 0.648. The quantitative estimate of drug-likeness (QED) is 0.736. The summed E-state index contributed by atoms with van der Waals surface area (Å²) in [4.78, 5) is 15.7. The number of carbonyl (C=O) groups excluding carboxylic acids is 1. The average Bonchev–Trinajstić information content (AvgIpc) is 3.37. The van der Waals surface area contributed by atoms with E-state index in [0.717, 1.165) is 17.7 Å². The van der Waals surface area contributed by atoms with Gasteiger partial charge in [0.25, 0.3) is 0 Å². The van der Waals surface area contributed by atoms with E-state index in [9.17, 15) is 15.3 Å². The number of anilines is 1. The second kappa shape index (κ2) is 6.21. The number of nitrogens with one attached hydrogen (secondary N) is 1. The molecule has 3 aliphatic heterocycles. The summed E-state index contributed by atoms with van der Waals surface area (Å²) in [5.74, 6) is -0.900. The second-order valence-corrected chi connectivity index (χ2v) is 8.63. The van der Waals surface area contributed by atoms with E-state index < -0.39 is 16.9 Å². The molecule has 5 rings (SSSR count). The SMILES string of the molecule is N#CC1(C#N)C2CCCN2C2(C(=O)Nc3ccccc32)C1c1ccc(Cl)c(Cl)c1. The van der Waals surface area contributed by atoms with Gasteiger partial charge in [-0.15, -0.1) is 0 Å². The van der Waals surface area contributed by atoms with E-state index in [1.165, 1.54) is 0 Å². The third kappa shape index (κ3) is 2.11. The van der Waals surface area contributed by atoms with Crippen LogP contribution in [-0.4, -0.2) is 23.4 Å². The van der Waals surface area contributed by atoms with Gasteiger partial charge in [-0.1, -0.05) is 47.5 Å². The van der Waals surface area contributed by atoms with Crippen molar-refractivity contribution in [1.82, 2.24) is 4.90 Å². The van der Waals surface area contributed by atoms with Gasteiger partial charge < -0.3 is 5.32 Å². The molecule has 2 aromatic rings. The fourth-order valence-corrected chi connectivity index (χ4v) is 5.99. The molecule has 144 valence electrons. The third-order valence-corrected chi connectivity index (χ3v) is 7.42. The van der Waals surface area contributed by atoms with E-state index in [-0.39, 0.29) is 11.9 Å². The molecule has 2 aromatic carbocycles. The molecule has 0 saturated carbocycles. The first-order chi connectivity index (χ1) is 14.0. The molecule has 2 saturated heterocycles. The smallest absolute Gasteiger partial charge is 0.250 e. The van der Waals surface area contributed by atoms with Crippen molar-refractivity contribution in [2.45, 2.75) is 30.3 Å². The molecule has 0 radical (unpaired) electrons. The average molecular weight is 423 g/mol. The van der Waals surface area contributed by atoms with Crippen LogP contribution in [0.1, 0.15) is 29.9 Å². The molecule has 3 unspecified atom stereocenters. The number of benzene rings is 2. The number of para-hydroxylation sites is 1. The Hall–Kier alpha value is -2.57. The lowest BCUT2D eigenvalue weighted by molar-refractivity contribution is -0.127. The summed E-state index contributed by atoms with van der Waals surface area (Å²) >= 11 is 12.4. The number of nitrogens with zero attached hydrogens (tertiary/aromatic N) is 3. The van der Waals surface area contributed by atoms with Crippen LogP contribution in [0.5, 0.6) is 0 Å². The molecule has 1 N–H and O–H groups in total. The highest BCUT2D eigenvalue weighted by Crippen LogP contribution is 2.65. The Morgan fingerprint density at radius 3 is 2.59 bits per heavy atom. The zero-order chi connectivity index (χ0) is 20.4. The Bertz CT molecular complexity index is 1120. The zero-order valence-corrected chi connectivity index (χ0v) is 16.8. The van der Waals surface area contributed by atoms with Gasteiger partial charge >= 0.3 is 0 Å². The number of fused-ring (bicyclic) bond motifs is 4. The molecule has 0 aromatic heterocycles. The molecule has 1 spiro atoms. The predicted octanol–water partition coefficient (Wildman–Crippen LogP) is 4.44. The second-order valence-electron chi connectivity index (χ2n) is 7.82. The highest BCUT2D eigenvalue weighted by Gasteiger charge is 2.74. The third-order valence-electron chi connectivity index (χ3n) is 6.68. The van der Waals surface area contributed by atoms with E-state index in [1.54, 1.807) is 18.2 Å². The van der Waals surface area contributed by atoms with Crippen molar-refractivity contribution in [3.05, 3.63) is 63.6 Å². The lowest BCUT2D eigenvalue weighted by atomic mass is 9.63. The Morgan fingerprint density at radius 2 is 1.86 bits per heavy atom. The number of rotatable bonds is 1. The molecule has 5 nitrogen and oxygen atoms in total. The molecule has 29 heavy (non-hydrogen) atoms. The number of halogens is 2. The maximum atomic E-state index is 13.6. The molecule has 0 bridgehead atoms. The molecule has 1 amide bonds. The fraction of sp³-hybridized carbons (Fsp3) is 0.318. The lowest BCUT2D eigenvalue weighted by Crippen LogP contribution is -2.50. The van der Waals surface area contributed by atoms with E-state index in [1.807, 2.05) is 24.3 Å². The molecular weight excluding hydrogens is 407 g/mol. The van der Waals surface area contributed by atoms with Crippen LogP contribution in [0.2, 0.25) is 10.0 Å². The number of carbonyl (C=O) groups is 1. The Labute approximate surface area is 178 Å². The van der Waals surface area contributed by atoms with Gasteiger partial charge in [-0.3, -0.25) is 9.69 Å². The van der Waals surface area contributed by atoms with Crippen LogP contribution in [0, 0.1) is 28.1 Å². The Morgan fingerprint density at radius 1 is 1.10 bits per heavy atom. The van der Waals surface area contributed by atoms with Crippen LogP contribution < -0.4 is 5.32 Å². The maximum Gasteiger partial charge on any atom is 0.250 e. The largest absolute Gasteiger partial charge is 0.324 e. The van der Waals surface area contributed by atoms with Crippen molar-refractivity contribution >= 4 is 34.8 Å². The van der Waals surface area contributed by atoms with Gasteiger partial charge in [0, 0.05) is 23.2 Å². The zero-order valence-electron chi connectivity index (χ0n) is 15.3. The normalized spacial score (nSPS) is 29.2.